The van der Waals surface area contributed by atoms with Crippen LogP contribution in [0.5, 0.6) is 0 Å². The summed E-state index contributed by atoms with van der Waals surface area (Å²) in [5.74, 6) is -0.172. The van der Waals surface area contributed by atoms with Crippen molar-refractivity contribution in [2.45, 2.75) is 6.54 Å². The SMILES string of the molecule is O=c1c2sccc2n(Cc2nc(-c3ccc(Cl)cc3)no2)c(=O)n1-c1ccccc1F. The first kappa shape index (κ1) is 19.4. The van der Waals surface area contributed by atoms with Crippen LogP contribution in [0.2, 0.25) is 5.02 Å². The van der Waals surface area contributed by atoms with E-state index >= 15 is 0 Å². The van der Waals surface area contributed by atoms with Crippen LogP contribution in [0.25, 0.3) is 27.3 Å². The van der Waals surface area contributed by atoms with Crippen LogP contribution in [0.1, 0.15) is 5.89 Å². The Labute approximate surface area is 182 Å². The molecule has 0 saturated heterocycles. The Kier molecular flexibility index (Phi) is 4.76. The van der Waals surface area contributed by atoms with E-state index < -0.39 is 17.1 Å². The first-order valence-corrected chi connectivity index (χ1v) is 10.3. The van der Waals surface area contributed by atoms with Crippen LogP contribution in [0, 0.1) is 5.82 Å². The summed E-state index contributed by atoms with van der Waals surface area (Å²) >= 11 is 7.08. The minimum atomic E-state index is -0.702. The van der Waals surface area contributed by atoms with E-state index in [0.29, 0.717) is 26.6 Å². The van der Waals surface area contributed by atoms with Gasteiger partial charge in [-0.3, -0.25) is 9.36 Å². The lowest BCUT2D eigenvalue weighted by atomic mass is 10.2. The van der Waals surface area contributed by atoms with Gasteiger partial charge in [0.25, 0.3) is 5.56 Å². The van der Waals surface area contributed by atoms with Gasteiger partial charge in [-0.05, 0) is 47.8 Å². The number of hydrogen-bond donors (Lipinski definition) is 0. The molecule has 0 unspecified atom stereocenters. The number of nitrogens with zero attached hydrogens (tertiary/aromatic N) is 4. The molecular weight excluding hydrogens is 443 g/mol. The zero-order valence-electron chi connectivity index (χ0n) is 15.7. The molecule has 0 saturated carbocycles. The van der Waals surface area contributed by atoms with Crippen LogP contribution in [0.15, 0.2) is 74.1 Å². The molecule has 10 heteroatoms. The molecule has 3 aromatic heterocycles. The predicted octanol–water partition coefficient (Wildman–Crippen LogP) is 4.10. The molecule has 154 valence electrons. The standard InChI is InChI=1S/C21H12ClFN4O3S/c22-13-7-5-12(6-8-13)19-24-17(30-25-19)11-26-16-9-10-31-18(16)20(28)27(21(26)29)15-4-2-1-3-14(15)23/h1-10H,11H2. The highest BCUT2D eigenvalue weighted by atomic mass is 35.5. The molecule has 0 radical (unpaired) electrons. The van der Waals surface area contributed by atoms with Gasteiger partial charge in [0.05, 0.1) is 11.2 Å². The maximum atomic E-state index is 14.4. The molecule has 31 heavy (non-hydrogen) atoms. The molecule has 0 N–H and O–H groups in total. The van der Waals surface area contributed by atoms with Crippen molar-refractivity contribution in [2.24, 2.45) is 0 Å². The second-order valence-electron chi connectivity index (χ2n) is 6.61. The van der Waals surface area contributed by atoms with Crippen molar-refractivity contribution in [3.05, 3.63) is 97.5 Å². The fourth-order valence-corrected chi connectivity index (χ4v) is 4.21. The largest absolute Gasteiger partial charge is 0.337 e. The summed E-state index contributed by atoms with van der Waals surface area (Å²) in [6.07, 6.45) is 0. The summed E-state index contributed by atoms with van der Waals surface area (Å²) in [4.78, 5) is 30.5. The molecular formula is C21H12ClFN4O3S. The molecule has 0 aliphatic rings. The van der Waals surface area contributed by atoms with Crippen molar-refractivity contribution < 1.29 is 8.91 Å². The average Bonchev–Trinajstić information content (AvgIpc) is 3.43. The van der Waals surface area contributed by atoms with Crippen LogP contribution < -0.4 is 11.2 Å². The fraction of sp³-hybridized carbons (Fsp3) is 0.0476. The number of thiophene rings is 1. The van der Waals surface area contributed by atoms with Crippen molar-refractivity contribution in [1.29, 1.82) is 0 Å². The van der Waals surface area contributed by atoms with Gasteiger partial charge in [-0.15, -0.1) is 11.3 Å². The zero-order valence-corrected chi connectivity index (χ0v) is 17.2. The Morgan fingerprint density at radius 1 is 1.06 bits per heavy atom. The van der Waals surface area contributed by atoms with Gasteiger partial charge in [0.15, 0.2) is 0 Å². The molecule has 3 heterocycles. The summed E-state index contributed by atoms with van der Waals surface area (Å²) in [6, 6.07) is 14.2. The lowest BCUT2D eigenvalue weighted by molar-refractivity contribution is 0.370. The van der Waals surface area contributed by atoms with E-state index in [9.17, 15) is 14.0 Å². The Morgan fingerprint density at radius 2 is 1.84 bits per heavy atom. The van der Waals surface area contributed by atoms with E-state index in [4.69, 9.17) is 16.1 Å². The van der Waals surface area contributed by atoms with Crippen molar-refractivity contribution in [1.82, 2.24) is 19.3 Å². The Bertz CT molecular complexity index is 1540. The fourth-order valence-electron chi connectivity index (χ4n) is 3.26. The van der Waals surface area contributed by atoms with Gasteiger partial charge in [-0.25, -0.2) is 13.8 Å². The lowest BCUT2D eigenvalue weighted by Crippen LogP contribution is -2.39. The van der Waals surface area contributed by atoms with Crippen LogP contribution >= 0.6 is 22.9 Å². The van der Waals surface area contributed by atoms with E-state index in [1.54, 1.807) is 41.8 Å². The molecule has 0 atom stereocenters. The van der Waals surface area contributed by atoms with Crippen LogP contribution in [0.4, 0.5) is 4.39 Å². The van der Waals surface area contributed by atoms with Crippen molar-refractivity contribution in [3.63, 3.8) is 0 Å². The smallest absolute Gasteiger partial charge is 0.336 e. The van der Waals surface area contributed by atoms with Crippen LogP contribution in [0.3, 0.4) is 0 Å². The maximum Gasteiger partial charge on any atom is 0.336 e. The molecule has 2 aromatic carbocycles. The molecule has 0 aliphatic carbocycles. The third-order valence-corrected chi connectivity index (χ3v) is 5.86. The summed E-state index contributed by atoms with van der Waals surface area (Å²) in [6.45, 7) is -0.0820. The van der Waals surface area contributed by atoms with Gasteiger partial charge in [0, 0.05) is 10.6 Å². The van der Waals surface area contributed by atoms with Crippen molar-refractivity contribution >= 4 is 33.2 Å². The molecule has 5 rings (SSSR count). The normalized spacial score (nSPS) is 11.3. The summed E-state index contributed by atoms with van der Waals surface area (Å²) < 4.78 is 22.2. The molecule has 0 aliphatic heterocycles. The van der Waals surface area contributed by atoms with Gasteiger partial charge in [-0.2, -0.15) is 4.98 Å². The van der Waals surface area contributed by atoms with Crippen molar-refractivity contribution in [3.8, 4) is 17.1 Å². The molecule has 0 spiro atoms. The highest BCUT2D eigenvalue weighted by molar-refractivity contribution is 7.17. The quantitative estimate of drug-likeness (QED) is 0.408. The van der Waals surface area contributed by atoms with E-state index in [1.807, 2.05) is 0 Å². The first-order chi connectivity index (χ1) is 15.0. The minimum absolute atomic E-state index is 0.0820. The third kappa shape index (κ3) is 3.37. The Morgan fingerprint density at radius 3 is 2.61 bits per heavy atom. The number of benzene rings is 2. The summed E-state index contributed by atoms with van der Waals surface area (Å²) in [7, 11) is 0. The molecule has 7 nitrogen and oxygen atoms in total. The van der Waals surface area contributed by atoms with Gasteiger partial charge >= 0.3 is 5.69 Å². The molecule has 0 amide bonds. The van der Waals surface area contributed by atoms with Gasteiger partial charge < -0.3 is 4.52 Å². The van der Waals surface area contributed by atoms with Crippen LogP contribution in [-0.2, 0) is 6.54 Å². The number of rotatable bonds is 4. The Hall–Kier alpha value is -3.56. The minimum Gasteiger partial charge on any atom is -0.337 e. The maximum absolute atomic E-state index is 14.4. The number of halogens is 2. The van der Waals surface area contributed by atoms with E-state index in [0.717, 1.165) is 4.57 Å². The van der Waals surface area contributed by atoms with Gasteiger partial charge in [0.2, 0.25) is 11.7 Å². The second kappa shape index (κ2) is 7.60. The lowest BCUT2D eigenvalue weighted by Gasteiger charge is -2.11. The molecule has 0 fully saturated rings. The topological polar surface area (TPSA) is 82.9 Å². The predicted molar refractivity (Wildman–Crippen MR) is 115 cm³/mol. The summed E-state index contributed by atoms with van der Waals surface area (Å²) in [5, 5.41) is 6.22. The Balaban J connectivity index is 1.64. The van der Waals surface area contributed by atoms with Gasteiger partial charge in [0.1, 0.15) is 17.1 Å². The summed E-state index contributed by atoms with van der Waals surface area (Å²) in [5.41, 5.74) is -0.285. The highest BCUT2D eigenvalue weighted by Crippen LogP contribution is 2.21. The number of aromatic nitrogens is 4. The van der Waals surface area contributed by atoms with E-state index in [2.05, 4.69) is 10.1 Å². The van der Waals surface area contributed by atoms with Gasteiger partial charge in [-0.1, -0.05) is 28.9 Å². The highest BCUT2D eigenvalue weighted by Gasteiger charge is 2.19. The average molecular weight is 455 g/mol. The second-order valence-corrected chi connectivity index (χ2v) is 7.97. The first-order valence-electron chi connectivity index (χ1n) is 9.09. The van der Waals surface area contributed by atoms with E-state index in [1.165, 1.54) is 34.1 Å². The van der Waals surface area contributed by atoms with Crippen molar-refractivity contribution in [2.75, 3.05) is 0 Å². The molecule has 5 aromatic rings. The van der Waals surface area contributed by atoms with E-state index in [-0.39, 0.29) is 18.1 Å². The number of hydrogen-bond acceptors (Lipinski definition) is 6. The molecule has 0 bridgehead atoms. The third-order valence-electron chi connectivity index (χ3n) is 4.71. The zero-order chi connectivity index (χ0) is 21.5. The van der Waals surface area contributed by atoms with Crippen LogP contribution in [-0.4, -0.2) is 19.3 Å². The number of para-hydroxylation sites is 1. The number of fused-ring (bicyclic) bond motifs is 1. The monoisotopic (exact) mass is 454 g/mol.